The molecule has 140 valence electrons. The number of hydrogen-bond acceptors (Lipinski definition) is 7. The van der Waals surface area contributed by atoms with Crippen molar-refractivity contribution in [2.24, 2.45) is 0 Å². The predicted octanol–water partition coefficient (Wildman–Crippen LogP) is 4.45. The first kappa shape index (κ1) is 18.1. The first-order valence-corrected chi connectivity index (χ1v) is 9.61. The second-order valence-electron chi connectivity index (χ2n) is 6.17. The van der Waals surface area contributed by atoms with Crippen molar-refractivity contribution in [3.8, 4) is 22.0 Å². The summed E-state index contributed by atoms with van der Waals surface area (Å²) in [6.07, 6.45) is 0.0993. The Bertz CT molecular complexity index is 1090. The van der Waals surface area contributed by atoms with Crippen molar-refractivity contribution in [1.29, 1.82) is 0 Å². The minimum Gasteiger partial charge on any atom is -0.455 e. The Hall–Kier alpha value is -3.32. The van der Waals surface area contributed by atoms with Gasteiger partial charge in [-0.3, -0.25) is 4.79 Å². The average molecular weight is 391 g/mol. The largest absolute Gasteiger partial charge is 0.455 e. The molecule has 0 unspecified atom stereocenters. The van der Waals surface area contributed by atoms with Crippen molar-refractivity contribution in [1.82, 2.24) is 15.1 Å². The molecule has 0 bridgehead atoms. The van der Waals surface area contributed by atoms with Crippen LogP contribution in [0.4, 0.5) is 0 Å². The number of nitrogens with zero attached hydrogens (tertiary/aromatic N) is 3. The highest BCUT2D eigenvalue weighted by Crippen LogP contribution is 2.24. The Morgan fingerprint density at radius 3 is 2.68 bits per heavy atom. The van der Waals surface area contributed by atoms with E-state index in [1.54, 1.807) is 0 Å². The fourth-order valence-electron chi connectivity index (χ4n) is 2.69. The minimum atomic E-state index is -0.388. The molecule has 0 saturated heterocycles. The third-order valence-corrected chi connectivity index (χ3v) is 5.05. The van der Waals surface area contributed by atoms with Gasteiger partial charge in [-0.15, -0.1) is 11.3 Å². The van der Waals surface area contributed by atoms with Gasteiger partial charge in [0, 0.05) is 16.5 Å². The number of carbonyl (C=O) groups is 1. The van der Waals surface area contributed by atoms with Crippen molar-refractivity contribution in [2.75, 3.05) is 0 Å². The van der Waals surface area contributed by atoms with Crippen LogP contribution in [-0.4, -0.2) is 21.1 Å². The smallest absolute Gasteiger partial charge is 0.312 e. The normalized spacial score (nSPS) is 10.8. The Labute approximate surface area is 165 Å². The Morgan fingerprint density at radius 2 is 1.86 bits per heavy atom. The highest BCUT2D eigenvalue weighted by molar-refractivity contribution is 7.13. The van der Waals surface area contributed by atoms with E-state index in [0.717, 1.165) is 21.7 Å². The van der Waals surface area contributed by atoms with E-state index in [1.807, 2.05) is 66.9 Å². The summed E-state index contributed by atoms with van der Waals surface area (Å²) >= 11 is 1.50. The highest BCUT2D eigenvalue weighted by atomic mass is 32.1. The van der Waals surface area contributed by atoms with Crippen LogP contribution in [-0.2, 0) is 22.6 Å². The van der Waals surface area contributed by atoms with Gasteiger partial charge >= 0.3 is 5.97 Å². The molecule has 4 aromatic rings. The number of aryl methyl sites for hydroxylation is 1. The number of hydrogen-bond donors (Lipinski definition) is 0. The molecule has 0 fully saturated rings. The standard InChI is InChI=1S/C21H17N3O3S/c1-14-7-5-6-10-17(14)20-23-18(27-24-20)12-26-19(25)11-16-13-28-21(22-16)15-8-3-2-4-9-15/h2-10,13H,11-12H2,1H3. The molecule has 0 N–H and O–H groups in total. The molecular weight excluding hydrogens is 374 g/mol. The molecule has 0 aliphatic rings. The first-order valence-electron chi connectivity index (χ1n) is 8.73. The molecule has 0 amide bonds. The number of esters is 1. The number of thiazole rings is 1. The molecule has 6 nitrogen and oxygen atoms in total. The summed E-state index contributed by atoms with van der Waals surface area (Å²) in [5, 5.41) is 6.70. The molecule has 0 spiro atoms. The zero-order valence-corrected chi connectivity index (χ0v) is 16.0. The van der Waals surface area contributed by atoms with Crippen LogP contribution < -0.4 is 0 Å². The van der Waals surface area contributed by atoms with E-state index in [-0.39, 0.29) is 24.9 Å². The molecule has 0 aliphatic heterocycles. The van der Waals surface area contributed by atoms with Crippen molar-refractivity contribution >= 4 is 17.3 Å². The molecule has 28 heavy (non-hydrogen) atoms. The lowest BCUT2D eigenvalue weighted by Crippen LogP contribution is -2.08. The second-order valence-corrected chi connectivity index (χ2v) is 7.03. The molecule has 2 heterocycles. The monoisotopic (exact) mass is 391 g/mol. The van der Waals surface area contributed by atoms with Gasteiger partial charge in [0.1, 0.15) is 5.01 Å². The van der Waals surface area contributed by atoms with Crippen molar-refractivity contribution in [2.45, 2.75) is 20.0 Å². The zero-order chi connectivity index (χ0) is 19.3. The van der Waals surface area contributed by atoms with Gasteiger partial charge in [-0.1, -0.05) is 59.8 Å². The maximum Gasteiger partial charge on any atom is 0.312 e. The molecule has 0 atom stereocenters. The Morgan fingerprint density at radius 1 is 1.07 bits per heavy atom. The lowest BCUT2D eigenvalue weighted by Gasteiger charge is -2.00. The van der Waals surface area contributed by atoms with E-state index in [4.69, 9.17) is 9.26 Å². The van der Waals surface area contributed by atoms with Crippen molar-refractivity contribution in [3.63, 3.8) is 0 Å². The topological polar surface area (TPSA) is 78.1 Å². The number of ether oxygens (including phenoxy) is 1. The van der Waals surface area contributed by atoms with Crippen molar-refractivity contribution in [3.05, 3.63) is 77.1 Å². The zero-order valence-electron chi connectivity index (χ0n) is 15.2. The predicted molar refractivity (Wildman–Crippen MR) is 106 cm³/mol. The summed E-state index contributed by atoms with van der Waals surface area (Å²) in [4.78, 5) is 20.9. The van der Waals surface area contributed by atoms with E-state index in [0.29, 0.717) is 11.5 Å². The summed E-state index contributed by atoms with van der Waals surface area (Å²) in [6, 6.07) is 17.6. The van der Waals surface area contributed by atoms with Crippen LogP contribution in [0.3, 0.4) is 0 Å². The Balaban J connectivity index is 1.34. The van der Waals surface area contributed by atoms with Crippen LogP contribution in [0.25, 0.3) is 22.0 Å². The third kappa shape index (κ3) is 4.15. The highest BCUT2D eigenvalue weighted by Gasteiger charge is 2.14. The molecule has 0 saturated carbocycles. The summed E-state index contributed by atoms with van der Waals surface area (Å²) in [5.74, 6) is 0.353. The number of benzene rings is 2. The van der Waals surface area contributed by atoms with E-state index >= 15 is 0 Å². The van der Waals surface area contributed by atoms with Crippen LogP contribution in [0.15, 0.2) is 64.5 Å². The van der Waals surface area contributed by atoms with Gasteiger partial charge in [0.15, 0.2) is 6.61 Å². The van der Waals surface area contributed by atoms with E-state index < -0.39 is 0 Å². The van der Waals surface area contributed by atoms with Crippen LogP contribution in [0, 0.1) is 6.92 Å². The number of carbonyl (C=O) groups excluding carboxylic acids is 1. The second kappa shape index (κ2) is 8.14. The first-order chi connectivity index (χ1) is 13.7. The van der Waals surface area contributed by atoms with Crippen LogP contribution >= 0.6 is 11.3 Å². The van der Waals surface area contributed by atoms with Crippen LogP contribution in [0.5, 0.6) is 0 Å². The molecule has 2 aromatic carbocycles. The van der Waals surface area contributed by atoms with Gasteiger partial charge in [0.05, 0.1) is 12.1 Å². The number of rotatable bonds is 6. The molecular formula is C21H17N3O3S. The summed E-state index contributed by atoms with van der Waals surface area (Å²) in [5.41, 5.74) is 3.64. The van der Waals surface area contributed by atoms with E-state index in [2.05, 4.69) is 15.1 Å². The van der Waals surface area contributed by atoms with E-state index in [1.165, 1.54) is 11.3 Å². The SMILES string of the molecule is Cc1ccccc1-c1noc(COC(=O)Cc2csc(-c3ccccc3)n2)n1. The van der Waals surface area contributed by atoms with E-state index in [9.17, 15) is 4.79 Å². The molecule has 0 aliphatic carbocycles. The summed E-state index contributed by atoms with van der Waals surface area (Å²) < 4.78 is 10.4. The maximum atomic E-state index is 12.1. The van der Waals surface area contributed by atoms with Crippen LogP contribution in [0.1, 0.15) is 17.1 Å². The molecule has 0 radical (unpaired) electrons. The summed E-state index contributed by atoms with van der Waals surface area (Å²) in [7, 11) is 0. The molecule has 2 aromatic heterocycles. The third-order valence-electron chi connectivity index (χ3n) is 4.11. The van der Waals surface area contributed by atoms with Gasteiger partial charge in [-0.2, -0.15) is 4.98 Å². The number of aromatic nitrogens is 3. The molecule has 7 heteroatoms. The Kier molecular flexibility index (Phi) is 5.25. The van der Waals surface area contributed by atoms with Crippen molar-refractivity contribution < 1.29 is 14.1 Å². The fraction of sp³-hybridized carbons (Fsp3) is 0.143. The van der Waals surface area contributed by atoms with Gasteiger partial charge < -0.3 is 9.26 Å². The average Bonchev–Trinajstić information content (AvgIpc) is 3.37. The lowest BCUT2D eigenvalue weighted by atomic mass is 10.1. The quantitative estimate of drug-likeness (QED) is 0.452. The van der Waals surface area contributed by atoms with Gasteiger partial charge in [0.2, 0.25) is 5.82 Å². The van der Waals surface area contributed by atoms with Gasteiger partial charge in [-0.25, -0.2) is 4.98 Å². The summed E-state index contributed by atoms with van der Waals surface area (Å²) in [6.45, 7) is 1.91. The minimum absolute atomic E-state index is 0.0621. The maximum absolute atomic E-state index is 12.1. The molecule has 4 rings (SSSR count). The van der Waals surface area contributed by atoms with Crippen LogP contribution in [0.2, 0.25) is 0 Å². The van der Waals surface area contributed by atoms with Gasteiger partial charge in [-0.05, 0) is 12.5 Å². The lowest BCUT2D eigenvalue weighted by molar-refractivity contribution is -0.144. The fourth-order valence-corrected chi connectivity index (χ4v) is 3.52. The van der Waals surface area contributed by atoms with Gasteiger partial charge in [0.25, 0.3) is 5.89 Å².